The average Bonchev–Trinajstić information content (AvgIpc) is 2.60. The fraction of sp³-hybridized carbons (Fsp3) is 0.250. The van der Waals surface area contributed by atoms with Crippen molar-refractivity contribution in [3.8, 4) is 11.8 Å². The number of benzene rings is 2. The van der Waals surface area contributed by atoms with Crippen molar-refractivity contribution in [2.75, 3.05) is 0 Å². The van der Waals surface area contributed by atoms with Crippen LogP contribution >= 0.6 is 0 Å². The summed E-state index contributed by atoms with van der Waals surface area (Å²) in [5.74, 6) is 4.47. The van der Waals surface area contributed by atoms with Crippen molar-refractivity contribution in [1.82, 2.24) is 0 Å². The fourth-order valence-electron chi connectivity index (χ4n) is 3.80. The van der Waals surface area contributed by atoms with Crippen molar-refractivity contribution in [2.45, 2.75) is 39.0 Å². The molecule has 4 nitrogen and oxygen atoms in total. The van der Waals surface area contributed by atoms with Crippen LogP contribution in [0.15, 0.2) is 48.0 Å². The Labute approximate surface area is 164 Å². The molecule has 0 heterocycles. The Balaban J connectivity index is 1.94. The van der Waals surface area contributed by atoms with Crippen molar-refractivity contribution >= 4 is 17.5 Å². The van der Waals surface area contributed by atoms with E-state index in [1.807, 2.05) is 37.3 Å². The number of aliphatic carboxylic acids is 2. The third-order valence-corrected chi connectivity index (χ3v) is 5.03. The Hall–Kier alpha value is -3.32. The lowest BCUT2D eigenvalue weighted by Crippen LogP contribution is -2.25. The van der Waals surface area contributed by atoms with Crippen LogP contribution < -0.4 is 0 Å². The highest BCUT2D eigenvalue weighted by atomic mass is 16.4. The summed E-state index contributed by atoms with van der Waals surface area (Å²) in [7, 11) is 0. The monoisotopic (exact) mass is 374 g/mol. The highest BCUT2D eigenvalue weighted by Crippen LogP contribution is 2.42. The molecule has 1 aliphatic carbocycles. The van der Waals surface area contributed by atoms with Gasteiger partial charge in [-0.05, 0) is 59.7 Å². The maximum absolute atomic E-state index is 11.7. The molecule has 0 fully saturated rings. The molecule has 2 aromatic rings. The quantitative estimate of drug-likeness (QED) is 0.788. The van der Waals surface area contributed by atoms with E-state index in [-0.39, 0.29) is 11.8 Å². The first-order chi connectivity index (χ1) is 13.2. The zero-order valence-electron chi connectivity index (χ0n) is 16.2. The third kappa shape index (κ3) is 3.99. The number of hydrogen-bond donors (Lipinski definition) is 2. The number of allylic oxidation sites excluding steroid dienone is 1. The number of carbonyl (C=O) groups is 2. The van der Waals surface area contributed by atoms with Crippen LogP contribution in [0.25, 0.3) is 5.57 Å². The second-order valence-corrected chi connectivity index (χ2v) is 7.80. The lowest BCUT2D eigenvalue weighted by molar-refractivity contribution is -0.136. The van der Waals surface area contributed by atoms with Crippen molar-refractivity contribution in [3.05, 3.63) is 75.9 Å². The molecule has 0 saturated carbocycles. The van der Waals surface area contributed by atoms with E-state index >= 15 is 0 Å². The van der Waals surface area contributed by atoms with Gasteiger partial charge in [0.25, 0.3) is 0 Å². The highest BCUT2D eigenvalue weighted by Gasteiger charge is 2.33. The summed E-state index contributed by atoms with van der Waals surface area (Å²) in [4.78, 5) is 22.5. The molecule has 0 spiro atoms. The van der Waals surface area contributed by atoms with Gasteiger partial charge in [-0.2, -0.15) is 0 Å². The van der Waals surface area contributed by atoms with Crippen LogP contribution in [0, 0.1) is 11.8 Å². The van der Waals surface area contributed by atoms with Gasteiger partial charge in [0.1, 0.15) is 0 Å². The predicted molar refractivity (Wildman–Crippen MR) is 108 cm³/mol. The van der Waals surface area contributed by atoms with Gasteiger partial charge >= 0.3 is 11.9 Å². The molecule has 3 rings (SSSR count). The first-order valence-electron chi connectivity index (χ1n) is 9.08. The van der Waals surface area contributed by atoms with Gasteiger partial charge in [-0.25, -0.2) is 4.79 Å². The van der Waals surface area contributed by atoms with Crippen molar-refractivity contribution in [1.29, 1.82) is 0 Å². The first kappa shape index (κ1) is 19.4. The SMILES string of the molecule is CC1=C(C(=O)O)c2ccc(C#Cc3ccc(CC(=O)O)cc3)cc2C(C)(C)C1. The second-order valence-electron chi connectivity index (χ2n) is 7.80. The Bertz CT molecular complexity index is 1040. The van der Waals surface area contributed by atoms with E-state index in [4.69, 9.17) is 5.11 Å². The van der Waals surface area contributed by atoms with E-state index < -0.39 is 11.9 Å². The summed E-state index contributed by atoms with van der Waals surface area (Å²) < 4.78 is 0. The van der Waals surface area contributed by atoms with Gasteiger partial charge in [-0.3, -0.25) is 4.79 Å². The molecule has 0 radical (unpaired) electrons. The Morgan fingerprint density at radius 2 is 1.61 bits per heavy atom. The number of rotatable bonds is 3. The summed E-state index contributed by atoms with van der Waals surface area (Å²) in [5.41, 5.74) is 5.25. The summed E-state index contributed by atoms with van der Waals surface area (Å²) in [6.07, 6.45) is 0.690. The highest BCUT2D eigenvalue weighted by molar-refractivity contribution is 6.17. The summed E-state index contributed by atoms with van der Waals surface area (Å²) >= 11 is 0. The maximum atomic E-state index is 11.7. The number of carboxylic acid groups (broad SMARTS) is 2. The Kier molecular flexibility index (Phi) is 5.11. The van der Waals surface area contributed by atoms with E-state index in [0.29, 0.717) is 12.0 Å². The summed E-state index contributed by atoms with van der Waals surface area (Å²) in [6, 6.07) is 12.8. The number of hydrogen-bond acceptors (Lipinski definition) is 2. The minimum Gasteiger partial charge on any atom is -0.481 e. The van der Waals surface area contributed by atoms with Crippen LogP contribution in [0.5, 0.6) is 0 Å². The molecular formula is C24H22O4. The molecule has 0 aliphatic heterocycles. The van der Waals surface area contributed by atoms with Crippen LogP contribution in [0.2, 0.25) is 0 Å². The summed E-state index contributed by atoms with van der Waals surface area (Å²) in [5, 5.41) is 18.4. The number of carboxylic acids is 2. The number of fused-ring (bicyclic) bond motifs is 1. The van der Waals surface area contributed by atoms with E-state index in [2.05, 4.69) is 25.7 Å². The minimum absolute atomic E-state index is 0.00748. The Morgan fingerprint density at radius 1 is 1.00 bits per heavy atom. The lowest BCUT2D eigenvalue weighted by atomic mass is 9.70. The topological polar surface area (TPSA) is 74.6 Å². The third-order valence-electron chi connectivity index (χ3n) is 5.03. The first-order valence-corrected chi connectivity index (χ1v) is 9.08. The molecule has 28 heavy (non-hydrogen) atoms. The molecule has 2 N–H and O–H groups in total. The van der Waals surface area contributed by atoms with Crippen LogP contribution in [-0.2, 0) is 21.4 Å². The van der Waals surface area contributed by atoms with E-state index in [9.17, 15) is 14.7 Å². The van der Waals surface area contributed by atoms with Gasteiger partial charge in [0.05, 0.1) is 12.0 Å². The summed E-state index contributed by atoms with van der Waals surface area (Å²) in [6.45, 7) is 6.12. The molecule has 0 saturated heterocycles. The molecule has 142 valence electrons. The standard InChI is InChI=1S/C24H22O4/c1-15-14-24(2,3)20-12-17(10-11-19(20)22(15)23(27)28)7-4-16-5-8-18(9-6-16)13-21(25)26/h5-6,8-12H,13-14H2,1-3H3,(H,25,26)(H,27,28). The van der Waals surface area contributed by atoms with Gasteiger partial charge in [0, 0.05) is 11.1 Å². The van der Waals surface area contributed by atoms with Crippen molar-refractivity contribution in [2.24, 2.45) is 0 Å². The second kappa shape index (κ2) is 7.36. The average molecular weight is 374 g/mol. The fourth-order valence-corrected chi connectivity index (χ4v) is 3.80. The van der Waals surface area contributed by atoms with E-state index in [1.54, 1.807) is 12.1 Å². The smallest absolute Gasteiger partial charge is 0.336 e. The largest absolute Gasteiger partial charge is 0.481 e. The molecule has 0 bridgehead atoms. The van der Waals surface area contributed by atoms with Gasteiger partial charge in [-0.1, -0.05) is 49.5 Å². The van der Waals surface area contributed by atoms with Crippen molar-refractivity contribution in [3.63, 3.8) is 0 Å². The van der Waals surface area contributed by atoms with Crippen LogP contribution in [0.1, 0.15) is 55.0 Å². The van der Waals surface area contributed by atoms with Gasteiger partial charge in [-0.15, -0.1) is 0 Å². The van der Waals surface area contributed by atoms with E-state index in [0.717, 1.165) is 33.4 Å². The molecular weight excluding hydrogens is 352 g/mol. The Morgan fingerprint density at radius 3 is 2.21 bits per heavy atom. The minimum atomic E-state index is -0.894. The van der Waals surface area contributed by atoms with E-state index in [1.165, 1.54) is 0 Å². The molecule has 2 aromatic carbocycles. The van der Waals surface area contributed by atoms with Crippen molar-refractivity contribution < 1.29 is 19.8 Å². The van der Waals surface area contributed by atoms with Gasteiger partial charge < -0.3 is 10.2 Å². The zero-order valence-corrected chi connectivity index (χ0v) is 16.2. The van der Waals surface area contributed by atoms with Gasteiger partial charge in [0.2, 0.25) is 0 Å². The predicted octanol–water partition coefficient (Wildman–Crippen LogP) is 4.25. The molecule has 0 unspecified atom stereocenters. The van der Waals surface area contributed by atoms with Crippen LogP contribution in [0.4, 0.5) is 0 Å². The lowest BCUT2D eigenvalue weighted by Gasteiger charge is -2.34. The molecule has 0 atom stereocenters. The normalized spacial score (nSPS) is 14.7. The molecule has 0 aromatic heterocycles. The molecule has 1 aliphatic rings. The van der Waals surface area contributed by atoms with Crippen LogP contribution in [0.3, 0.4) is 0 Å². The molecule has 4 heteroatoms. The van der Waals surface area contributed by atoms with Crippen LogP contribution in [-0.4, -0.2) is 22.2 Å². The maximum Gasteiger partial charge on any atom is 0.336 e. The van der Waals surface area contributed by atoms with Gasteiger partial charge in [0.15, 0.2) is 0 Å². The molecule has 0 amide bonds. The zero-order chi connectivity index (χ0) is 20.5.